The van der Waals surface area contributed by atoms with Gasteiger partial charge in [0.1, 0.15) is 12.4 Å². The Morgan fingerprint density at radius 3 is 2.29 bits per heavy atom. The topological polar surface area (TPSA) is 102 Å². The van der Waals surface area contributed by atoms with Crippen LogP contribution in [0.4, 0.5) is 5.69 Å². The van der Waals surface area contributed by atoms with Crippen LogP contribution < -0.4 is 4.74 Å². The molecule has 0 bridgehead atoms. The maximum atomic E-state index is 11.5. The van der Waals surface area contributed by atoms with Crippen LogP contribution in [-0.4, -0.2) is 18.0 Å². The number of nitrogens with zero attached hydrogens (tertiary/aromatic N) is 2. The molecule has 154 valence electrons. The fraction of sp³-hybridized carbons (Fsp3) is 0.0833. The fourth-order valence-electron chi connectivity index (χ4n) is 2.85. The molecule has 0 aromatic heterocycles. The van der Waals surface area contributed by atoms with Crippen LogP contribution in [0.3, 0.4) is 0 Å². The van der Waals surface area contributed by atoms with Gasteiger partial charge in [-0.25, -0.2) is 4.79 Å². The Labute approximate surface area is 178 Å². The largest absolute Gasteiger partial charge is 0.488 e. The summed E-state index contributed by atoms with van der Waals surface area (Å²) >= 11 is 0. The molecule has 3 rings (SSSR count). The van der Waals surface area contributed by atoms with Crippen LogP contribution in [-0.2, 0) is 11.3 Å². The van der Waals surface area contributed by atoms with Crippen molar-refractivity contribution >= 4 is 23.3 Å². The summed E-state index contributed by atoms with van der Waals surface area (Å²) in [6.07, 6.45) is 1.68. The van der Waals surface area contributed by atoms with E-state index in [-0.39, 0.29) is 12.3 Å². The highest BCUT2D eigenvalue weighted by Crippen LogP contribution is 2.26. The highest BCUT2D eigenvalue weighted by molar-refractivity contribution is 5.91. The SMILES string of the molecule is COC(=O)c1ccc(COc2ccccc2/C=C(/C#N)c2ccc([N+](=O)[O-])cc2)cc1. The van der Waals surface area contributed by atoms with E-state index in [2.05, 4.69) is 10.8 Å². The molecule has 31 heavy (non-hydrogen) atoms. The smallest absolute Gasteiger partial charge is 0.337 e. The molecule has 0 atom stereocenters. The first-order chi connectivity index (χ1) is 15.0. The molecule has 0 radical (unpaired) electrons. The van der Waals surface area contributed by atoms with E-state index in [1.54, 1.807) is 48.5 Å². The number of carbonyl (C=O) groups excluding carboxylic acids is 1. The Kier molecular flexibility index (Phi) is 6.76. The number of esters is 1. The Morgan fingerprint density at radius 1 is 1.03 bits per heavy atom. The number of nitro benzene ring substituents is 1. The molecule has 0 unspecified atom stereocenters. The quantitative estimate of drug-likeness (QED) is 0.177. The number of ether oxygens (including phenoxy) is 2. The van der Waals surface area contributed by atoms with Gasteiger partial charge in [0.2, 0.25) is 0 Å². The zero-order valence-electron chi connectivity index (χ0n) is 16.6. The number of hydrogen-bond donors (Lipinski definition) is 0. The van der Waals surface area contributed by atoms with Crippen molar-refractivity contribution in [3.05, 3.63) is 105 Å². The molecular weight excluding hydrogens is 396 g/mol. The number of benzene rings is 3. The molecule has 3 aromatic rings. The summed E-state index contributed by atoms with van der Waals surface area (Å²) in [7, 11) is 1.33. The van der Waals surface area contributed by atoms with Crippen molar-refractivity contribution in [2.45, 2.75) is 6.61 Å². The number of hydrogen-bond acceptors (Lipinski definition) is 6. The zero-order chi connectivity index (χ0) is 22.2. The average molecular weight is 414 g/mol. The van der Waals surface area contributed by atoms with E-state index < -0.39 is 10.9 Å². The molecule has 0 amide bonds. The summed E-state index contributed by atoms with van der Waals surface area (Å²) in [5, 5.41) is 20.4. The lowest BCUT2D eigenvalue weighted by Gasteiger charge is -2.10. The molecule has 0 heterocycles. The van der Waals surface area contributed by atoms with Crippen LogP contribution in [0.2, 0.25) is 0 Å². The maximum Gasteiger partial charge on any atom is 0.337 e. The van der Waals surface area contributed by atoms with Crippen molar-refractivity contribution in [1.29, 1.82) is 5.26 Å². The predicted molar refractivity (Wildman–Crippen MR) is 115 cm³/mol. The molecule has 0 aliphatic carbocycles. The first-order valence-corrected chi connectivity index (χ1v) is 9.27. The minimum absolute atomic E-state index is 0.0389. The van der Waals surface area contributed by atoms with Gasteiger partial charge in [-0.2, -0.15) is 5.26 Å². The molecule has 0 aliphatic rings. The Hall–Kier alpha value is -4.44. The summed E-state index contributed by atoms with van der Waals surface area (Å²) in [6, 6.07) is 22.1. The van der Waals surface area contributed by atoms with Gasteiger partial charge in [-0.05, 0) is 47.5 Å². The van der Waals surface area contributed by atoms with Crippen molar-refractivity contribution in [2.75, 3.05) is 7.11 Å². The molecule has 0 spiro atoms. The van der Waals surface area contributed by atoms with Crippen molar-refractivity contribution < 1.29 is 19.2 Å². The molecule has 0 fully saturated rings. The van der Waals surface area contributed by atoms with E-state index >= 15 is 0 Å². The predicted octanol–water partition coefficient (Wildman–Crippen LogP) is 5.02. The molecule has 7 nitrogen and oxygen atoms in total. The number of carbonyl (C=O) groups is 1. The minimum Gasteiger partial charge on any atom is -0.488 e. The Morgan fingerprint density at radius 2 is 1.68 bits per heavy atom. The Bertz CT molecular complexity index is 1160. The van der Waals surface area contributed by atoms with Gasteiger partial charge < -0.3 is 9.47 Å². The number of methoxy groups -OCH3 is 1. The van der Waals surface area contributed by atoms with Crippen LogP contribution in [0.15, 0.2) is 72.8 Å². The summed E-state index contributed by atoms with van der Waals surface area (Å²) in [5.74, 6) is 0.174. The maximum absolute atomic E-state index is 11.5. The third-order valence-corrected chi connectivity index (χ3v) is 4.50. The van der Waals surface area contributed by atoms with Crippen LogP contribution in [0.25, 0.3) is 11.6 Å². The number of para-hydroxylation sites is 1. The molecule has 0 saturated heterocycles. The molecule has 0 aliphatic heterocycles. The molecule has 0 N–H and O–H groups in total. The fourth-order valence-corrected chi connectivity index (χ4v) is 2.85. The van der Waals surface area contributed by atoms with Gasteiger partial charge in [-0.1, -0.05) is 30.3 Å². The van der Waals surface area contributed by atoms with Gasteiger partial charge in [-0.3, -0.25) is 10.1 Å². The van der Waals surface area contributed by atoms with Crippen LogP contribution in [0.5, 0.6) is 5.75 Å². The molecule has 7 heteroatoms. The Balaban J connectivity index is 1.79. The van der Waals surface area contributed by atoms with Gasteiger partial charge in [0.15, 0.2) is 0 Å². The monoisotopic (exact) mass is 414 g/mol. The third-order valence-electron chi connectivity index (χ3n) is 4.50. The summed E-state index contributed by atoms with van der Waals surface area (Å²) in [6.45, 7) is 0.270. The second-order valence-corrected chi connectivity index (χ2v) is 6.49. The van der Waals surface area contributed by atoms with Crippen molar-refractivity contribution in [1.82, 2.24) is 0 Å². The highest BCUT2D eigenvalue weighted by Gasteiger charge is 2.09. The van der Waals surface area contributed by atoms with Crippen molar-refractivity contribution in [3.8, 4) is 11.8 Å². The summed E-state index contributed by atoms with van der Waals surface area (Å²) < 4.78 is 10.6. The van der Waals surface area contributed by atoms with Gasteiger partial charge in [-0.15, -0.1) is 0 Å². The van der Waals surface area contributed by atoms with Gasteiger partial charge >= 0.3 is 5.97 Å². The number of rotatable bonds is 7. The third kappa shape index (κ3) is 5.34. The molecular formula is C24H18N2O5. The first-order valence-electron chi connectivity index (χ1n) is 9.27. The van der Waals surface area contributed by atoms with E-state index in [0.29, 0.717) is 28.0 Å². The molecule has 3 aromatic carbocycles. The van der Waals surface area contributed by atoms with Crippen molar-refractivity contribution in [2.24, 2.45) is 0 Å². The van der Waals surface area contributed by atoms with Crippen LogP contribution >= 0.6 is 0 Å². The van der Waals surface area contributed by atoms with E-state index in [9.17, 15) is 20.2 Å². The lowest BCUT2D eigenvalue weighted by atomic mass is 10.0. The number of allylic oxidation sites excluding steroid dienone is 1. The number of nitro groups is 1. The average Bonchev–Trinajstić information content (AvgIpc) is 2.81. The minimum atomic E-state index is -0.486. The van der Waals surface area contributed by atoms with Gasteiger partial charge in [0.25, 0.3) is 5.69 Å². The van der Waals surface area contributed by atoms with Crippen molar-refractivity contribution in [3.63, 3.8) is 0 Å². The van der Waals surface area contributed by atoms with Gasteiger partial charge in [0.05, 0.1) is 29.2 Å². The second kappa shape index (κ2) is 9.85. The van der Waals surface area contributed by atoms with E-state index in [1.807, 2.05) is 18.2 Å². The van der Waals surface area contributed by atoms with Crippen LogP contribution in [0, 0.1) is 21.4 Å². The van der Waals surface area contributed by atoms with Gasteiger partial charge in [0, 0.05) is 17.7 Å². The number of non-ortho nitro benzene ring substituents is 1. The highest BCUT2D eigenvalue weighted by atomic mass is 16.6. The standard InChI is InChI=1S/C24H18N2O5/c1-30-24(27)19-8-6-17(7-9-19)16-31-23-5-3-2-4-20(23)14-21(15-25)18-10-12-22(13-11-18)26(28)29/h2-14H,16H2,1H3/b21-14-. The van der Waals surface area contributed by atoms with E-state index in [1.165, 1.54) is 19.2 Å². The zero-order valence-corrected chi connectivity index (χ0v) is 16.6. The first kappa shape index (κ1) is 21.3. The summed E-state index contributed by atoms with van der Waals surface area (Å²) in [4.78, 5) is 21.9. The van der Waals surface area contributed by atoms with E-state index in [4.69, 9.17) is 4.74 Å². The second-order valence-electron chi connectivity index (χ2n) is 6.49. The lowest BCUT2D eigenvalue weighted by molar-refractivity contribution is -0.384. The van der Waals surface area contributed by atoms with E-state index in [0.717, 1.165) is 5.56 Å². The molecule has 0 saturated carbocycles. The lowest BCUT2D eigenvalue weighted by Crippen LogP contribution is -2.02. The normalized spacial score (nSPS) is 10.8. The summed E-state index contributed by atoms with van der Waals surface area (Å²) in [5.41, 5.74) is 2.90. The van der Waals surface area contributed by atoms with Crippen LogP contribution in [0.1, 0.15) is 27.0 Å². The number of nitriles is 1.